The zero-order chi connectivity index (χ0) is 19.3. The summed E-state index contributed by atoms with van der Waals surface area (Å²) in [6, 6.07) is 19.2. The molecule has 3 amide bonds. The summed E-state index contributed by atoms with van der Waals surface area (Å²) in [6.45, 7) is 4.65. The molecule has 1 aliphatic heterocycles. The number of hydrogen-bond acceptors (Lipinski definition) is 2. The molecule has 0 bridgehead atoms. The number of carbonyl (C=O) groups is 2. The van der Waals surface area contributed by atoms with Gasteiger partial charge in [-0.2, -0.15) is 0 Å². The highest BCUT2D eigenvalue weighted by molar-refractivity contribution is 6.17. The van der Waals surface area contributed by atoms with Crippen LogP contribution in [-0.2, 0) is 10.3 Å². The van der Waals surface area contributed by atoms with E-state index in [2.05, 4.69) is 13.8 Å². The molecule has 2 aromatic carbocycles. The number of nitrogens with zero attached hydrogens (tertiary/aromatic N) is 2. The lowest BCUT2D eigenvalue weighted by Crippen LogP contribution is -2.47. The summed E-state index contributed by atoms with van der Waals surface area (Å²) < 4.78 is 0. The highest BCUT2D eigenvalue weighted by Gasteiger charge is 2.58. The van der Waals surface area contributed by atoms with Gasteiger partial charge in [0, 0.05) is 12.2 Å². The van der Waals surface area contributed by atoms with Gasteiger partial charge in [-0.05, 0) is 30.5 Å². The van der Waals surface area contributed by atoms with Crippen molar-refractivity contribution in [1.29, 1.82) is 0 Å². The van der Waals surface area contributed by atoms with Crippen LogP contribution in [0.3, 0.4) is 0 Å². The van der Waals surface area contributed by atoms with Gasteiger partial charge in [-0.25, -0.2) is 4.79 Å². The molecule has 1 saturated heterocycles. The van der Waals surface area contributed by atoms with Crippen LogP contribution in [0.2, 0.25) is 0 Å². The standard InChI is InChI=1S/C23H28N2O2/c1-3-5-17-23(19-13-9-7-10-14-19)21(26)24(18-6-4-2)22(27)25(23)20-15-11-8-12-16-20/h7-16H,3-6,17-18H2,1-2H3. The van der Waals surface area contributed by atoms with E-state index in [-0.39, 0.29) is 11.9 Å². The van der Waals surface area contributed by atoms with Crippen molar-refractivity contribution in [3.63, 3.8) is 0 Å². The Labute approximate surface area is 161 Å². The van der Waals surface area contributed by atoms with Crippen molar-refractivity contribution in [2.24, 2.45) is 0 Å². The van der Waals surface area contributed by atoms with Crippen molar-refractivity contribution >= 4 is 17.6 Å². The number of unbranched alkanes of at least 4 members (excludes halogenated alkanes) is 2. The number of hydrogen-bond donors (Lipinski definition) is 0. The van der Waals surface area contributed by atoms with Crippen molar-refractivity contribution in [3.8, 4) is 0 Å². The Morgan fingerprint density at radius 1 is 0.815 bits per heavy atom. The molecule has 3 rings (SSSR count). The molecule has 1 aliphatic rings. The van der Waals surface area contributed by atoms with Crippen LogP contribution in [0.25, 0.3) is 0 Å². The number of anilines is 1. The second-order valence-corrected chi connectivity index (χ2v) is 7.09. The molecule has 0 saturated carbocycles. The van der Waals surface area contributed by atoms with Gasteiger partial charge < -0.3 is 0 Å². The lowest BCUT2D eigenvalue weighted by Gasteiger charge is -2.36. The van der Waals surface area contributed by atoms with Crippen molar-refractivity contribution in [3.05, 3.63) is 66.2 Å². The van der Waals surface area contributed by atoms with Crippen LogP contribution in [0.5, 0.6) is 0 Å². The zero-order valence-corrected chi connectivity index (χ0v) is 16.2. The molecule has 4 nitrogen and oxygen atoms in total. The van der Waals surface area contributed by atoms with E-state index in [0.29, 0.717) is 13.0 Å². The minimum absolute atomic E-state index is 0.0931. The molecule has 1 atom stereocenters. The fourth-order valence-electron chi connectivity index (χ4n) is 3.87. The number of urea groups is 1. The second kappa shape index (κ2) is 8.38. The molecule has 1 unspecified atom stereocenters. The highest BCUT2D eigenvalue weighted by Crippen LogP contribution is 2.44. The maximum Gasteiger partial charge on any atom is 0.332 e. The monoisotopic (exact) mass is 364 g/mol. The fraction of sp³-hybridized carbons (Fsp3) is 0.391. The summed E-state index contributed by atoms with van der Waals surface area (Å²) in [5.74, 6) is -0.0931. The van der Waals surface area contributed by atoms with E-state index in [1.165, 1.54) is 4.90 Å². The smallest absolute Gasteiger partial charge is 0.275 e. The first-order valence-corrected chi connectivity index (χ1v) is 9.93. The molecule has 1 heterocycles. The normalized spacial score (nSPS) is 19.8. The van der Waals surface area contributed by atoms with E-state index < -0.39 is 5.54 Å². The van der Waals surface area contributed by atoms with Crippen LogP contribution in [0.1, 0.15) is 51.5 Å². The van der Waals surface area contributed by atoms with Crippen LogP contribution >= 0.6 is 0 Å². The largest absolute Gasteiger partial charge is 0.332 e. The fourth-order valence-corrected chi connectivity index (χ4v) is 3.87. The average molecular weight is 364 g/mol. The predicted molar refractivity (Wildman–Crippen MR) is 109 cm³/mol. The van der Waals surface area contributed by atoms with E-state index in [1.807, 2.05) is 60.7 Å². The number of rotatable bonds is 8. The average Bonchev–Trinajstić information content (AvgIpc) is 2.93. The minimum atomic E-state index is -0.969. The SMILES string of the molecule is CCCCN1C(=O)N(c2ccccc2)C(CCCC)(c2ccccc2)C1=O. The maximum absolute atomic E-state index is 13.7. The lowest BCUT2D eigenvalue weighted by atomic mass is 9.83. The van der Waals surface area contributed by atoms with Crippen LogP contribution in [-0.4, -0.2) is 23.4 Å². The van der Waals surface area contributed by atoms with Crippen LogP contribution in [0.4, 0.5) is 10.5 Å². The topological polar surface area (TPSA) is 40.6 Å². The van der Waals surface area contributed by atoms with Crippen LogP contribution in [0.15, 0.2) is 60.7 Å². The lowest BCUT2D eigenvalue weighted by molar-refractivity contribution is -0.131. The number of para-hydroxylation sites is 1. The van der Waals surface area contributed by atoms with Gasteiger partial charge in [0.25, 0.3) is 5.91 Å². The number of amides is 3. The minimum Gasteiger partial charge on any atom is -0.275 e. The zero-order valence-electron chi connectivity index (χ0n) is 16.2. The molecular weight excluding hydrogens is 336 g/mol. The van der Waals surface area contributed by atoms with Crippen molar-refractivity contribution in [2.45, 2.75) is 51.5 Å². The summed E-state index contributed by atoms with van der Waals surface area (Å²) in [4.78, 5) is 30.3. The molecule has 27 heavy (non-hydrogen) atoms. The van der Waals surface area contributed by atoms with Crippen molar-refractivity contribution < 1.29 is 9.59 Å². The Hall–Kier alpha value is -2.62. The third-order valence-electron chi connectivity index (χ3n) is 5.30. The first-order chi connectivity index (χ1) is 13.2. The van der Waals surface area contributed by atoms with E-state index in [1.54, 1.807) is 4.90 Å². The van der Waals surface area contributed by atoms with Gasteiger partial charge in [0.05, 0.1) is 0 Å². The molecule has 0 aliphatic carbocycles. The van der Waals surface area contributed by atoms with E-state index in [0.717, 1.165) is 36.9 Å². The third-order valence-corrected chi connectivity index (χ3v) is 5.30. The van der Waals surface area contributed by atoms with Gasteiger partial charge in [-0.15, -0.1) is 0 Å². The Bertz CT molecular complexity index is 775. The van der Waals surface area contributed by atoms with E-state index in [9.17, 15) is 9.59 Å². The van der Waals surface area contributed by atoms with Gasteiger partial charge in [-0.3, -0.25) is 14.6 Å². The van der Waals surface area contributed by atoms with E-state index in [4.69, 9.17) is 0 Å². The molecule has 142 valence electrons. The van der Waals surface area contributed by atoms with Gasteiger partial charge >= 0.3 is 6.03 Å². The Balaban J connectivity index is 2.18. The van der Waals surface area contributed by atoms with Crippen LogP contribution in [0, 0.1) is 0 Å². The molecule has 0 spiro atoms. The predicted octanol–water partition coefficient (Wildman–Crippen LogP) is 5.34. The van der Waals surface area contributed by atoms with E-state index >= 15 is 0 Å². The molecule has 1 fully saturated rings. The van der Waals surface area contributed by atoms with Gasteiger partial charge in [-0.1, -0.05) is 81.6 Å². The van der Waals surface area contributed by atoms with Crippen molar-refractivity contribution in [2.75, 3.05) is 11.4 Å². The van der Waals surface area contributed by atoms with Crippen molar-refractivity contribution in [1.82, 2.24) is 4.90 Å². The number of imide groups is 1. The molecule has 4 heteroatoms. The summed E-state index contributed by atoms with van der Waals surface area (Å²) in [5, 5.41) is 0. The Morgan fingerprint density at radius 3 is 2.00 bits per heavy atom. The molecular formula is C23H28N2O2. The van der Waals surface area contributed by atoms with Gasteiger partial charge in [0.15, 0.2) is 5.54 Å². The first-order valence-electron chi connectivity index (χ1n) is 9.93. The molecule has 2 aromatic rings. The number of carbonyl (C=O) groups excluding carboxylic acids is 2. The first kappa shape index (κ1) is 19.2. The van der Waals surface area contributed by atoms with Gasteiger partial charge in [0.2, 0.25) is 0 Å². The molecule has 0 radical (unpaired) electrons. The Morgan fingerprint density at radius 2 is 1.41 bits per heavy atom. The quantitative estimate of drug-likeness (QED) is 0.593. The maximum atomic E-state index is 13.7. The summed E-state index contributed by atoms with van der Waals surface area (Å²) >= 11 is 0. The number of benzene rings is 2. The summed E-state index contributed by atoms with van der Waals surface area (Å²) in [7, 11) is 0. The third kappa shape index (κ3) is 3.36. The summed E-state index contributed by atoms with van der Waals surface area (Å²) in [6.07, 6.45) is 4.22. The molecule has 0 aromatic heterocycles. The Kier molecular flexibility index (Phi) is 5.94. The van der Waals surface area contributed by atoms with Crippen LogP contribution < -0.4 is 4.90 Å². The highest BCUT2D eigenvalue weighted by atomic mass is 16.2. The second-order valence-electron chi connectivity index (χ2n) is 7.09. The van der Waals surface area contributed by atoms with Gasteiger partial charge in [0.1, 0.15) is 0 Å². The summed E-state index contributed by atoms with van der Waals surface area (Å²) in [5.41, 5.74) is 0.693. The molecule has 0 N–H and O–H groups in total.